The Bertz CT molecular complexity index is 273. The van der Waals surface area contributed by atoms with Crippen LogP contribution in [0.15, 0.2) is 16.7 Å². The van der Waals surface area contributed by atoms with Crippen LogP contribution in [0.1, 0.15) is 18.2 Å². The van der Waals surface area contributed by atoms with Crippen molar-refractivity contribution in [1.29, 1.82) is 0 Å². The van der Waals surface area contributed by atoms with E-state index in [1.807, 2.05) is 13.0 Å². The minimum absolute atomic E-state index is 0.460. The summed E-state index contributed by atoms with van der Waals surface area (Å²) >= 11 is 0. The zero-order valence-electron chi connectivity index (χ0n) is 9.53. The summed E-state index contributed by atoms with van der Waals surface area (Å²) in [7, 11) is 2.06. The zero-order valence-corrected chi connectivity index (χ0v) is 9.53. The molecule has 1 heterocycles. The van der Waals surface area contributed by atoms with Crippen LogP contribution in [0.5, 0.6) is 0 Å². The highest BCUT2D eigenvalue weighted by atomic mass is 16.5. The molecule has 0 bridgehead atoms. The maximum Gasteiger partial charge on any atom is 0.121 e. The third-order valence-electron chi connectivity index (χ3n) is 2.28. The molecule has 0 aliphatic rings. The van der Waals surface area contributed by atoms with Gasteiger partial charge in [0.15, 0.2) is 0 Å². The molecule has 86 valence electrons. The second kappa shape index (κ2) is 6.61. The molecule has 0 radical (unpaired) electrons. The Kier molecular flexibility index (Phi) is 5.39. The van der Waals surface area contributed by atoms with Gasteiger partial charge in [0, 0.05) is 25.3 Å². The molecule has 0 aliphatic carbocycles. The van der Waals surface area contributed by atoms with Crippen LogP contribution in [-0.4, -0.2) is 31.7 Å². The highest BCUT2D eigenvalue weighted by Crippen LogP contribution is 2.11. The van der Waals surface area contributed by atoms with E-state index >= 15 is 0 Å². The summed E-state index contributed by atoms with van der Waals surface area (Å²) in [5.74, 6) is 0.873. The SMILES string of the molecule is CCOCCN(C)Cc1ccoc1CN. The third kappa shape index (κ3) is 4.03. The molecule has 0 aromatic carbocycles. The summed E-state index contributed by atoms with van der Waals surface area (Å²) in [4.78, 5) is 2.19. The van der Waals surface area contributed by atoms with Gasteiger partial charge in [-0.15, -0.1) is 0 Å². The summed E-state index contributed by atoms with van der Waals surface area (Å²) in [6.07, 6.45) is 1.69. The Balaban J connectivity index is 2.33. The highest BCUT2D eigenvalue weighted by molar-refractivity contribution is 5.16. The fourth-order valence-corrected chi connectivity index (χ4v) is 1.42. The van der Waals surface area contributed by atoms with Crippen LogP contribution < -0.4 is 5.73 Å². The summed E-state index contributed by atoms with van der Waals surface area (Å²) in [6, 6.07) is 1.97. The molecule has 0 unspecified atom stereocenters. The van der Waals surface area contributed by atoms with Gasteiger partial charge in [-0.1, -0.05) is 0 Å². The average Bonchev–Trinajstić information content (AvgIpc) is 2.65. The highest BCUT2D eigenvalue weighted by Gasteiger charge is 2.07. The summed E-state index contributed by atoms with van der Waals surface area (Å²) < 4.78 is 10.5. The van der Waals surface area contributed by atoms with Crippen LogP contribution in [0.3, 0.4) is 0 Å². The quantitative estimate of drug-likeness (QED) is 0.690. The summed E-state index contributed by atoms with van der Waals surface area (Å²) in [5, 5.41) is 0. The molecule has 0 spiro atoms. The molecule has 1 aromatic heterocycles. The van der Waals surface area contributed by atoms with Crippen molar-refractivity contribution in [2.24, 2.45) is 5.73 Å². The molecule has 0 fully saturated rings. The molecule has 0 aliphatic heterocycles. The van der Waals surface area contributed by atoms with Crippen molar-refractivity contribution >= 4 is 0 Å². The fourth-order valence-electron chi connectivity index (χ4n) is 1.42. The maximum atomic E-state index is 5.56. The Hall–Kier alpha value is -0.840. The lowest BCUT2D eigenvalue weighted by atomic mass is 10.2. The van der Waals surface area contributed by atoms with Gasteiger partial charge >= 0.3 is 0 Å². The van der Waals surface area contributed by atoms with Gasteiger partial charge in [0.05, 0.1) is 19.4 Å². The first-order chi connectivity index (χ1) is 7.27. The van der Waals surface area contributed by atoms with E-state index < -0.39 is 0 Å². The van der Waals surface area contributed by atoms with Crippen LogP contribution in [0, 0.1) is 0 Å². The predicted octanol–water partition coefficient (Wildman–Crippen LogP) is 1.21. The van der Waals surface area contributed by atoms with Gasteiger partial charge in [-0.05, 0) is 20.0 Å². The van der Waals surface area contributed by atoms with Crippen molar-refractivity contribution in [2.45, 2.75) is 20.0 Å². The lowest BCUT2D eigenvalue weighted by Crippen LogP contribution is -2.23. The van der Waals surface area contributed by atoms with E-state index in [0.717, 1.165) is 37.6 Å². The minimum atomic E-state index is 0.460. The largest absolute Gasteiger partial charge is 0.468 e. The maximum absolute atomic E-state index is 5.56. The molecule has 1 aromatic rings. The smallest absolute Gasteiger partial charge is 0.121 e. The van der Waals surface area contributed by atoms with Gasteiger partial charge in [0.25, 0.3) is 0 Å². The first-order valence-corrected chi connectivity index (χ1v) is 5.29. The molecular weight excluding hydrogens is 192 g/mol. The number of ether oxygens (including phenoxy) is 1. The minimum Gasteiger partial charge on any atom is -0.468 e. The van der Waals surface area contributed by atoms with Crippen molar-refractivity contribution in [3.63, 3.8) is 0 Å². The molecule has 0 saturated carbocycles. The molecule has 0 amide bonds. The Labute approximate surface area is 91.0 Å². The molecule has 4 nitrogen and oxygen atoms in total. The molecule has 0 atom stereocenters. The van der Waals surface area contributed by atoms with Crippen molar-refractivity contribution in [1.82, 2.24) is 4.90 Å². The number of nitrogens with zero attached hydrogens (tertiary/aromatic N) is 1. The number of furan rings is 1. The number of rotatable bonds is 7. The molecule has 0 saturated heterocycles. The summed E-state index contributed by atoms with van der Waals surface area (Å²) in [5.41, 5.74) is 6.72. The van der Waals surface area contributed by atoms with Gasteiger partial charge in [0.2, 0.25) is 0 Å². The van der Waals surface area contributed by atoms with E-state index in [2.05, 4.69) is 11.9 Å². The van der Waals surface area contributed by atoms with Crippen LogP contribution >= 0.6 is 0 Å². The first-order valence-electron chi connectivity index (χ1n) is 5.29. The fraction of sp³-hybridized carbons (Fsp3) is 0.636. The van der Waals surface area contributed by atoms with Crippen LogP contribution in [0.4, 0.5) is 0 Å². The lowest BCUT2D eigenvalue weighted by Gasteiger charge is -2.15. The molecule has 1 rings (SSSR count). The topological polar surface area (TPSA) is 51.6 Å². The average molecular weight is 212 g/mol. The Morgan fingerprint density at radius 2 is 2.33 bits per heavy atom. The molecule has 2 N–H and O–H groups in total. The predicted molar refractivity (Wildman–Crippen MR) is 59.4 cm³/mol. The number of likely N-dealkylation sites (N-methyl/N-ethyl adjacent to an activating group) is 1. The van der Waals surface area contributed by atoms with E-state index in [1.54, 1.807) is 6.26 Å². The normalized spacial score (nSPS) is 11.2. The van der Waals surface area contributed by atoms with Gasteiger partial charge in [0.1, 0.15) is 5.76 Å². The second-order valence-corrected chi connectivity index (χ2v) is 3.51. The lowest BCUT2D eigenvalue weighted by molar-refractivity contribution is 0.120. The Morgan fingerprint density at radius 3 is 3.00 bits per heavy atom. The van der Waals surface area contributed by atoms with Gasteiger partial charge in [-0.25, -0.2) is 0 Å². The van der Waals surface area contributed by atoms with Crippen molar-refractivity contribution < 1.29 is 9.15 Å². The van der Waals surface area contributed by atoms with Crippen molar-refractivity contribution in [3.05, 3.63) is 23.7 Å². The molecular formula is C11H20N2O2. The van der Waals surface area contributed by atoms with Gasteiger partial charge in [-0.3, -0.25) is 4.90 Å². The monoisotopic (exact) mass is 212 g/mol. The van der Waals surface area contributed by atoms with E-state index in [0.29, 0.717) is 6.54 Å². The number of nitrogens with two attached hydrogens (primary N) is 1. The number of hydrogen-bond acceptors (Lipinski definition) is 4. The number of hydrogen-bond donors (Lipinski definition) is 1. The van der Waals surface area contributed by atoms with E-state index in [-0.39, 0.29) is 0 Å². The second-order valence-electron chi connectivity index (χ2n) is 3.51. The Morgan fingerprint density at radius 1 is 1.53 bits per heavy atom. The van der Waals surface area contributed by atoms with Crippen LogP contribution in [0.2, 0.25) is 0 Å². The molecule has 15 heavy (non-hydrogen) atoms. The van der Waals surface area contributed by atoms with Crippen molar-refractivity contribution in [2.75, 3.05) is 26.8 Å². The first kappa shape index (κ1) is 12.2. The zero-order chi connectivity index (χ0) is 11.1. The van der Waals surface area contributed by atoms with Gasteiger partial charge < -0.3 is 14.9 Å². The van der Waals surface area contributed by atoms with Crippen LogP contribution in [-0.2, 0) is 17.8 Å². The van der Waals surface area contributed by atoms with Crippen LogP contribution in [0.25, 0.3) is 0 Å². The molecule has 4 heteroatoms. The third-order valence-corrected chi connectivity index (χ3v) is 2.28. The van der Waals surface area contributed by atoms with Crippen molar-refractivity contribution in [3.8, 4) is 0 Å². The van der Waals surface area contributed by atoms with Gasteiger partial charge in [-0.2, -0.15) is 0 Å². The van der Waals surface area contributed by atoms with E-state index in [9.17, 15) is 0 Å². The standard InChI is InChI=1S/C11H20N2O2/c1-3-14-7-5-13(2)9-10-4-6-15-11(10)8-12/h4,6H,3,5,7-9,12H2,1-2H3. The van der Waals surface area contributed by atoms with E-state index in [1.165, 1.54) is 0 Å². The summed E-state index contributed by atoms with van der Waals surface area (Å²) in [6.45, 7) is 5.78. The van der Waals surface area contributed by atoms with E-state index in [4.69, 9.17) is 14.9 Å².